The number of halogens is 1. The molecule has 5 aromatic rings. The molecule has 0 spiro atoms. The van der Waals surface area contributed by atoms with Crippen molar-refractivity contribution in [2.45, 2.75) is 26.3 Å². The van der Waals surface area contributed by atoms with E-state index >= 15 is 0 Å². The summed E-state index contributed by atoms with van der Waals surface area (Å²) in [5.41, 5.74) is 3.16. The summed E-state index contributed by atoms with van der Waals surface area (Å²) in [5.74, 6) is 0.0608. The fourth-order valence-electron chi connectivity index (χ4n) is 4.25. The zero-order valence-corrected chi connectivity index (χ0v) is 22.8. The van der Waals surface area contributed by atoms with Crippen LogP contribution >= 0.6 is 0 Å². The van der Waals surface area contributed by atoms with Crippen LogP contribution in [-0.4, -0.2) is 37.4 Å². The predicted molar refractivity (Wildman–Crippen MR) is 155 cm³/mol. The number of hydrogen-bond donors (Lipinski definition) is 3. The van der Waals surface area contributed by atoms with E-state index in [0.717, 1.165) is 0 Å². The van der Waals surface area contributed by atoms with E-state index in [0.29, 0.717) is 50.7 Å². The number of pyridine rings is 1. The van der Waals surface area contributed by atoms with Crippen LogP contribution in [0.2, 0.25) is 0 Å². The maximum Gasteiger partial charge on any atom is 0.323 e. The monoisotopic (exact) mass is 540 g/mol. The van der Waals surface area contributed by atoms with Gasteiger partial charge in [0.15, 0.2) is 0 Å². The molecule has 3 aromatic heterocycles. The molecule has 11 heteroatoms. The summed E-state index contributed by atoms with van der Waals surface area (Å²) >= 11 is 0. The van der Waals surface area contributed by atoms with E-state index in [1.807, 2.05) is 20.8 Å². The molecule has 204 valence electrons. The smallest absolute Gasteiger partial charge is 0.323 e. The molecule has 40 heavy (non-hydrogen) atoms. The van der Waals surface area contributed by atoms with Crippen molar-refractivity contribution in [3.05, 3.63) is 83.2 Å². The van der Waals surface area contributed by atoms with Crippen molar-refractivity contribution in [2.75, 3.05) is 23.0 Å². The van der Waals surface area contributed by atoms with Crippen LogP contribution in [-0.2, 0) is 12.6 Å². The van der Waals surface area contributed by atoms with Gasteiger partial charge in [0, 0.05) is 48.7 Å². The second-order valence-corrected chi connectivity index (χ2v) is 10.3. The first-order valence-electron chi connectivity index (χ1n) is 12.6. The Morgan fingerprint density at radius 1 is 1.00 bits per heavy atom. The number of carbonyl (C=O) groups is 1. The van der Waals surface area contributed by atoms with Crippen molar-refractivity contribution in [3.8, 4) is 22.4 Å². The Balaban J connectivity index is 1.43. The first-order valence-corrected chi connectivity index (χ1v) is 12.6. The van der Waals surface area contributed by atoms with E-state index in [-0.39, 0.29) is 16.9 Å². The third-order valence-electron chi connectivity index (χ3n) is 6.37. The lowest BCUT2D eigenvalue weighted by molar-refractivity contribution is 0.262. The van der Waals surface area contributed by atoms with Crippen LogP contribution in [0.25, 0.3) is 33.4 Å². The van der Waals surface area contributed by atoms with E-state index < -0.39 is 6.03 Å². The molecule has 0 fully saturated rings. The van der Waals surface area contributed by atoms with Gasteiger partial charge in [0.25, 0.3) is 5.56 Å². The number of rotatable bonds is 5. The Hall–Kier alpha value is -5.06. The minimum Gasteiger partial charge on any atom is -0.357 e. The number of fused-ring (bicyclic) bond motifs is 1. The van der Waals surface area contributed by atoms with Gasteiger partial charge in [0.05, 0.1) is 11.2 Å². The maximum atomic E-state index is 13.5. The summed E-state index contributed by atoms with van der Waals surface area (Å²) in [7, 11) is 3.37. The molecule has 2 aromatic carbocycles. The van der Waals surface area contributed by atoms with Gasteiger partial charge in [-0.1, -0.05) is 12.1 Å². The van der Waals surface area contributed by atoms with Gasteiger partial charge >= 0.3 is 6.03 Å². The lowest BCUT2D eigenvalue weighted by atomic mass is 10.1. The summed E-state index contributed by atoms with van der Waals surface area (Å²) in [5, 5.41) is 13.9. The zero-order valence-electron chi connectivity index (χ0n) is 22.8. The molecule has 2 amide bonds. The standard InChI is InChI=1S/C29H29FN8O2/c1-29(2,3)38-16-23(24(36-38)17-9-11-20(30)12-10-17)34-28(40)33-21-8-6-7-18(13-21)22-14-19-15-32-27(31-4)35-25(19)37(5)26(22)39/h6-16H,1-5H3,(H,31,32,35)(H2,33,34,40). The molecule has 0 aliphatic heterocycles. The van der Waals surface area contributed by atoms with Gasteiger partial charge in [0.2, 0.25) is 5.95 Å². The number of carbonyl (C=O) groups excluding carboxylic acids is 1. The summed E-state index contributed by atoms with van der Waals surface area (Å²) in [6.07, 6.45) is 3.40. The number of nitrogens with zero attached hydrogens (tertiary/aromatic N) is 5. The molecule has 0 saturated carbocycles. The normalized spacial score (nSPS) is 11.4. The largest absolute Gasteiger partial charge is 0.357 e. The van der Waals surface area contributed by atoms with Gasteiger partial charge in [0.1, 0.15) is 17.2 Å². The van der Waals surface area contributed by atoms with Crippen LogP contribution in [0.3, 0.4) is 0 Å². The molecule has 0 atom stereocenters. The summed E-state index contributed by atoms with van der Waals surface area (Å²) in [6.45, 7) is 5.98. The number of aromatic nitrogens is 5. The maximum absolute atomic E-state index is 13.5. The van der Waals surface area contributed by atoms with Gasteiger partial charge in [-0.25, -0.2) is 14.2 Å². The molecule has 0 aliphatic rings. The highest BCUT2D eigenvalue weighted by Crippen LogP contribution is 2.30. The van der Waals surface area contributed by atoms with E-state index in [9.17, 15) is 14.0 Å². The molecule has 3 N–H and O–H groups in total. The Bertz CT molecular complexity index is 1790. The molecule has 5 rings (SSSR count). The highest BCUT2D eigenvalue weighted by Gasteiger charge is 2.21. The minimum atomic E-state index is -0.492. The molecule has 0 unspecified atom stereocenters. The topological polar surface area (TPSA) is 119 Å². The number of benzene rings is 2. The zero-order chi connectivity index (χ0) is 28.6. The lowest BCUT2D eigenvalue weighted by Gasteiger charge is -2.18. The third-order valence-corrected chi connectivity index (χ3v) is 6.37. The highest BCUT2D eigenvalue weighted by molar-refractivity contribution is 6.02. The summed E-state index contributed by atoms with van der Waals surface area (Å²) in [6, 6.07) is 14.2. The Morgan fingerprint density at radius 2 is 1.75 bits per heavy atom. The number of hydrogen-bond acceptors (Lipinski definition) is 6. The van der Waals surface area contributed by atoms with E-state index in [4.69, 9.17) is 0 Å². The van der Waals surface area contributed by atoms with Crippen LogP contribution < -0.4 is 21.5 Å². The molecule has 0 bridgehead atoms. The quantitative estimate of drug-likeness (QED) is 0.273. The van der Waals surface area contributed by atoms with Crippen LogP contribution in [0.4, 0.5) is 26.5 Å². The predicted octanol–water partition coefficient (Wildman–Crippen LogP) is 5.44. The van der Waals surface area contributed by atoms with E-state index in [1.165, 1.54) is 16.7 Å². The minimum absolute atomic E-state index is 0.228. The second-order valence-electron chi connectivity index (χ2n) is 10.3. The van der Waals surface area contributed by atoms with Crippen LogP contribution in [0, 0.1) is 5.82 Å². The van der Waals surface area contributed by atoms with Gasteiger partial charge in [-0.3, -0.25) is 14.0 Å². The second kappa shape index (κ2) is 10.3. The Kier molecular flexibility index (Phi) is 6.80. The molecule has 3 heterocycles. The first-order chi connectivity index (χ1) is 19.0. The summed E-state index contributed by atoms with van der Waals surface area (Å²) in [4.78, 5) is 34.9. The van der Waals surface area contributed by atoms with Crippen LogP contribution in [0.15, 0.2) is 71.8 Å². The van der Waals surface area contributed by atoms with Crippen LogP contribution in [0.1, 0.15) is 20.8 Å². The average Bonchev–Trinajstić information content (AvgIpc) is 3.35. The van der Waals surface area contributed by atoms with Crippen molar-refractivity contribution in [2.24, 2.45) is 7.05 Å². The average molecular weight is 541 g/mol. The molecule has 10 nitrogen and oxygen atoms in total. The van der Waals surface area contributed by atoms with Gasteiger partial charge in [-0.2, -0.15) is 10.1 Å². The number of amides is 2. The van der Waals surface area contributed by atoms with Crippen molar-refractivity contribution >= 4 is 34.4 Å². The number of anilines is 3. The van der Waals surface area contributed by atoms with Gasteiger partial charge in [-0.05, 0) is 68.8 Å². The lowest BCUT2D eigenvalue weighted by Crippen LogP contribution is -2.22. The molecule has 0 radical (unpaired) electrons. The fraction of sp³-hybridized carbons (Fsp3) is 0.207. The number of aryl methyl sites for hydroxylation is 1. The molecule has 0 saturated heterocycles. The number of urea groups is 1. The van der Waals surface area contributed by atoms with E-state index in [2.05, 4.69) is 31.0 Å². The van der Waals surface area contributed by atoms with Crippen LogP contribution in [0.5, 0.6) is 0 Å². The highest BCUT2D eigenvalue weighted by atomic mass is 19.1. The van der Waals surface area contributed by atoms with Crippen molar-refractivity contribution in [1.29, 1.82) is 0 Å². The summed E-state index contributed by atoms with van der Waals surface area (Å²) < 4.78 is 16.8. The molecule has 0 aliphatic carbocycles. The van der Waals surface area contributed by atoms with Crippen molar-refractivity contribution in [1.82, 2.24) is 24.3 Å². The molecular formula is C29H29FN8O2. The Morgan fingerprint density at radius 3 is 2.45 bits per heavy atom. The number of nitrogens with one attached hydrogen (secondary N) is 3. The van der Waals surface area contributed by atoms with Crippen molar-refractivity contribution < 1.29 is 9.18 Å². The van der Waals surface area contributed by atoms with Gasteiger partial charge in [-0.15, -0.1) is 0 Å². The first kappa shape index (κ1) is 26.5. The SMILES string of the molecule is CNc1ncc2cc(-c3cccc(NC(=O)Nc4cn(C(C)(C)C)nc4-c4ccc(F)cc4)c3)c(=O)n(C)c2n1. The van der Waals surface area contributed by atoms with Gasteiger partial charge < -0.3 is 16.0 Å². The van der Waals surface area contributed by atoms with E-state index in [1.54, 1.807) is 73.6 Å². The molecular weight excluding hydrogens is 511 g/mol. The Labute approximate surface area is 229 Å². The third kappa shape index (κ3) is 5.26. The fourth-order valence-corrected chi connectivity index (χ4v) is 4.25. The van der Waals surface area contributed by atoms with Crippen molar-refractivity contribution in [3.63, 3.8) is 0 Å².